The van der Waals surface area contributed by atoms with Gasteiger partial charge in [0.15, 0.2) is 12.4 Å². The van der Waals surface area contributed by atoms with Crippen molar-refractivity contribution in [2.24, 2.45) is 10.9 Å². The van der Waals surface area contributed by atoms with Gasteiger partial charge in [-0.05, 0) is 54.1 Å². The Labute approximate surface area is 185 Å². The Balaban J connectivity index is 1.45. The molecule has 0 aliphatic rings. The van der Waals surface area contributed by atoms with Crippen LogP contribution in [0, 0.1) is 0 Å². The first-order valence-corrected chi connectivity index (χ1v) is 9.76. The number of ether oxygens (including phenoxy) is 2. The minimum Gasteiger partial charge on any atom is -0.489 e. The fraction of sp³-hybridized carbons (Fsp3) is 0.125. The van der Waals surface area contributed by atoms with Crippen LogP contribution < -0.4 is 15.8 Å². The van der Waals surface area contributed by atoms with E-state index in [-0.39, 0.29) is 12.4 Å². The van der Waals surface area contributed by atoms with E-state index in [1.54, 1.807) is 48.5 Å². The van der Waals surface area contributed by atoms with Crippen LogP contribution in [0.25, 0.3) is 0 Å². The Bertz CT molecular complexity index is 1070. The number of anilines is 1. The van der Waals surface area contributed by atoms with Crippen molar-refractivity contribution in [1.82, 2.24) is 0 Å². The summed E-state index contributed by atoms with van der Waals surface area (Å²) in [6, 6.07) is 23.2. The van der Waals surface area contributed by atoms with E-state index in [9.17, 15) is 9.59 Å². The van der Waals surface area contributed by atoms with E-state index in [4.69, 9.17) is 15.3 Å². The number of amides is 1. The minimum absolute atomic E-state index is 0.134. The molecule has 8 heteroatoms. The van der Waals surface area contributed by atoms with Gasteiger partial charge in [-0.15, -0.1) is 0 Å². The number of nitrogens with zero attached hydrogens (tertiary/aromatic N) is 1. The summed E-state index contributed by atoms with van der Waals surface area (Å²) in [5.74, 6) is -0.0393. The maximum atomic E-state index is 12.0. The highest BCUT2D eigenvalue weighted by Crippen LogP contribution is 2.14. The van der Waals surface area contributed by atoms with E-state index in [1.165, 1.54) is 7.11 Å². The molecule has 0 saturated carbocycles. The lowest BCUT2D eigenvalue weighted by atomic mass is 10.2. The zero-order chi connectivity index (χ0) is 22.8. The number of carbonyl (C=O) groups is 2. The van der Waals surface area contributed by atoms with Gasteiger partial charge in [-0.3, -0.25) is 4.79 Å². The second kappa shape index (κ2) is 11.2. The molecule has 0 unspecified atom stereocenters. The average molecular weight is 433 g/mol. The van der Waals surface area contributed by atoms with Crippen molar-refractivity contribution in [3.8, 4) is 5.75 Å². The molecule has 3 rings (SSSR count). The van der Waals surface area contributed by atoms with Crippen LogP contribution in [0.5, 0.6) is 5.75 Å². The molecule has 0 spiro atoms. The van der Waals surface area contributed by atoms with Gasteiger partial charge in [0.2, 0.25) is 0 Å². The van der Waals surface area contributed by atoms with E-state index < -0.39 is 11.9 Å². The van der Waals surface area contributed by atoms with Crippen LogP contribution in [0.15, 0.2) is 84.0 Å². The van der Waals surface area contributed by atoms with Crippen molar-refractivity contribution in [3.63, 3.8) is 0 Å². The van der Waals surface area contributed by atoms with Gasteiger partial charge in [-0.25, -0.2) is 4.79 Å². The maximum Gasteiger partial charge on any atom is 0.337 e. The second-order valence-electron chi connectivity index (χ2n) is 6.67. The molecule has 3 aromatic carbocycles. The van der Waals surface area contributed by atoms with Gasteiger partial charge in [0, 0.05) is 11.3 Å². The molecule has 3 N–H and O–H groups in total. The van der Waals surface area contributed by atoms with Crippen LogP contribution in [0.3, 0.4) is 0 Å². The van der Waals surface area contributed by atoms with Crippen LogP contribution in [0.4, 0.5) is 5.69 Å². The van der Waals surface area contributed by atoms with E-state index in [0.717, 1.165) is 5.56 Å². The van der Waals surface area contributed by atoms with Crippen molar-refractivity contribution < 1.29 is 23.9 Å². The highest BCUT2D eigenvalue weighted by Gasteiger charge is 2.07. The molecule has 0 saturated heterocycles. The van der Waals surface area contributed by atoms with Crippen LogP contribution in [-0.2, 0) is 21.0 Å². The predicted molar refractivity (Wildman–Crippen MR) is 120 cm³/mol. The number of methoxy groups -OCH3 is 1. The number of nitrogens with one attached hydrogen (secondary N) is 1. The molecular weight excluding hydrogens is 410 g/mol. The number of hydrogen-bond acceptors (Lipinski definition) is 6. The van der Waals surface area contributed by atoms with Gasteiger partial charge in [0.1, 0.15) is 12.4 Å². The molecular formula is C24H23N3O5. The molecule has 0 aliphatic heterocycles. The lowest BCUT2D eigenvalue weighted by Gasteiger charge is -2.08. The Kier molecular flexibility index (Phi) is 7.80. The average Bonchev–Trinajstić information content (AvgIpc) is 2.83. The SMILES string of the molecule is COC(=O)c1ccc(NC(=O)CO/N=C(/N)c2ccc(OCc3ccccc3)cc2)cc1. The zero-order valence-electron chi connectivity index (χ0n) is 17.5. The number of benzene rings is 3. The molecule has 0 aromatic heterocycles. The molecule has 0 atom stereocenters. The summed E-state index contributed by atoms with van der Waals surface area (Å²) < 4.78 is 10.4. The van der Waals surface area contributed by atoms with Gasteiger partial charge in [0.05, 0.1) is 12.7 Å². The quantitative estimate of drug-likeness (QED) is 0.232. The molecule has 3 aromatic rings. The van der Waals surface area contributed by atoms with Crippen molar-refractivity contribution >= 4 is 23.4 Å². The number of oxime groups is 1. The van der Waals surface area contributed by atoms with Crippen LogP contribution in [0.2, 0.25) is 0 Å². The van der Waals surface area contributed by atoms with Crippen LogP contribution >= 0.6 is 0 Å². The normalized spacial score (nSPS) is 10.8. The highest BCUT2D eigenvalue weighted by atomic mass is 16.6. The monoisotopic (exact) mass is 433 g/mol. The standard InChI is InChI=1S/C24H23N3O5/c1-30-24(29)19-7-11-20(12-8-19)26-22(28)16-32-27-23(25)18-9-13-21(14-10-18)31-15-17-5-3-2-4-6-17/h2-14H,15-16H2,1H3,(H2,25,27)(H,26,28). The molecule has 164 valence electrons. The van der Waals surface area contributed by atoms with Gasteiger partial charge in [-0.2, -0.15) is 0 Å². The first-order valence-electron chi connectivity index (χ1n) is 9.76. The summed E-state index contributed by atoms with van der Waals surface area (Å²) in [6.45, 7) is 0.144. The molecule has 1 amide bonds. The number of rotatable bonds is 9. The van der Waals surface area contributed by atoms with Gasteiger partial charge < -0.3 is 25.4 Å². The molecule has 0 fully saturated rings. The zero-order valence-corrected chi connectivity index (χ0v) is 17.5. The Hall–Kier alpha value is -4.33. The largest absolute Gasteiger partial charge is 0.489 e. The third kappa shape index (κ3) is 6.60. The fourth-order valence-electron chi connectivity index (χ4n) is 2.68. The molecule has 0 radical (unpaired) electrons. The summed E-state index contributed by atoms with van der Waals surface area (Å²) in [5, 5.41) is 6.41. The van der Waals surface area contributed by atoms with Crippen LogP contribution in [0.1, 0.15) is 21.5 Å². The van der Waals surface area contributed by atoms with Crippen molar-refractivity contribution in [2.45, 2.75) is 6.61 Å². The fourth-order valence-corrected chi connectivity index (χ4v) is 2.68. The summed E-state index contributed by atoms with van der Waals surface area (Å²) >= 11 is 0. The number of hydrogen-bond donors (Lipinski definition) is 2. The Morgan fingerprint density at radius 2 is 1.56 bits per heavy atom. The lowest BCUT2D eigenvalue weighted by Crippen LogP contribution is -2.19. The molecule has 0 bridgehead atoms. The minimum atomic E-state index is -0.452. The van der Waals surface area contributed by atoms with E-state index in [0.29, 0.717) is 29.2 Å². The Morgan fingerprint density at radius 1 is 0.906 bits per heavy atom. The summed E-state index contributed by atoms with van der Waals surface area (Å²) in [4.78, 5) is 28.4. The van der Waals surface area contributed by atoms with Crippen molar-refractivity contribution in [1.29, 1.82) is 0 Å². The van der Waals surface area contributed by atoms with Gasteiger partial charge in [0.25, 0.3) is 5.91 Å². The first-order chi connectivity index (χ1) is 15.5. The Morgan fingerprint density at radius 3 is 2.22 bits per heavy atom. The number of carbonyl (C=O) groups excluding carboxylic acids is 2. The topological polar surface area (TPSA) is 112 Å². The third-order valence-corrected chi connectivity index (χ3v) is 4.35. The predicted octanol–water partition coefficient (Wildman–Crippen LogP) is 3.33. The van der Waals surface area contributed by atoms with Crippen LogP contribution in [-0.4, -0.2) is 31.4 Å². The third-order valence-electron chi connectivity index (χ3n) is 4.35. The highest BCUT2D eigenvalue weighted by molar-refractivity contribution is 5.97. The van der Waals surface area contributed by atoms with Crippen molar-refractivity contribution in [3.05, 3.63) is 95.6 Å². The molecule has 32 heavy (non-hydrogen) atoms. The maximum absolute atomic E-state index is 12.0. The molecule has 0 aliphatic carbocycles. The molecule has 8 nitrogen and oxygen atoms in total. The van der Waals surface area contributed by atoms with E-state index >= 15 is 0 Å². The smallest absolute Gasteiger partial charge is 0.337 e. The molecule has 0 heterocycles. The van der Waals surface area contributed by atoms with Crippen molar-refractivity contribution in [2.75, 3.05) is 19.0 Å². The first kappa shape index (κ1) is 22.4. The lowest BCUT2D eigenvalue weighted by molar-refractivity contribution is -0.120. The summed E-state index contributed by atoms with van der Waals surface area (Å²) in [7, 11) is 1.30. The van der Waals surface area contributed by atoms with E-state index in [2.05, 4.69) is 15.2 Å². The van der Waals surface area contributed by atoms with Gasteiger partial charge in [-0.1, -0.05) is 35.5 Å². The summed E-state index contributed by atoms with van der Waals surface area (Å²) in [6.07, 6.45) is 0. The number of amidine groups is 1. The summed E-state index contributed by atoms with van der Waals surface area (Å²) in [5.41, 5.74) is 8.52. The van der Waals surface area contributed by atoms with E-state index in [1.807, 2.05) is 30.3 Å². The number of nitrogens with two attached hydrogens (primary N) is 1. The van der Waals surface area contributed by atoms with Gasteiger partial charge >= 0.3 is 5.97 Å². The number of esters is 1. The second-order valence-corrected chi connectivity index (χ2v) is 6.67.